The second kappa shape index (κ2) is 10.0. The quantitative estimate of drug-likeness (QED) is 0.699. The molecule has 1 aliphatic carbocycles. The molecule has 1 aliphatic heterocycles. The Morgan fingerprint density at radius 3 is 2.61 bits per heavy atom. The summed E-state index contributed by atoms with van der Waals surface area (Å²) in [5, 5.41) is 0. The number of aromatic nitrogens is 3. The number of pyridine rings is 1. The van der Waals surface area contributed by atoms with Gasteiger partial charge in [0.25, 0.3) is 0 Å². The van der Waals surface area contributed by atoms with Crippen LogP contribution in [0.25, 0.3) is 0 Å². The van der Waals surface area contributed by atoms with E-state index in [9.17, 15) is 8.42 Å². The van der Waals surface area contributed by atoms with Crippen molar-refractivity contribution >= 4 is 15.8 Å². The standard InChI is InChI=1S/C22H31N5O3S/c1-31(28,29)26-20-9-13-27(22-4-2-3-10-25-22)15-18(20)16-30-19-7-5-17(6-8-19)21-14-23-11-12-24-21/h2-4,10-12,14,17-20,26H,5-9,13,15-16H2,1H3/t17-,18-,19+,20?/m0/s1. The van der Waals surface area contributed by atoms with Gasteiger partial charge in [-0.15, -0.1) is 0 Å². The van der Waals surface area contributed by atoms with Gasteiger partial charge in [-0.3, -0.25) is 9.97 Å². The van der Waals surface area contributed by atoms with E-state index in [4.69, 9.17) is 4.74 Å². The fourth-order valence-corrected chi connectivity index (χ4v) is 5.55. The monoisotopic (exact) mass is 445 g/mol. The summed E-state index contributed by atoms with van der Waals surface area (Å²) in [4.78, 5) is 15.3. The first-order valence-electron chi connectivity index (χ1n) is 11.0. The molecule has 0 aromatic carbocycles. The number of nitrogens with zero attached hydrogens (tertiary/aromatic N) is 4. The van der Waals surface area contributed by atoms with Gasteiger partial charge < -0.3 is 9.64 Å². The Balaban J connectivity index is 1.34. The number of anilines is 1. The summed E-state index contributed by atoms with van der Waals surface area (Å²) in [6.07, 6.45) is 13.3. The van der Waals surface area contributed by atoms with Crippen LogP contribution in [0.1, 0.15) is 43.7 Å². The molecule has 2 aliphatic rings. The SMILES string of the molecule is CS(=O)(=O)NC1CCN(c2ccccn2)C[C@H]1CO[C@H]1CC[C@@H](c2cnccn2)CC1. The summed E-state index contributed by atoms with van der Waals surface area (Å²) in [7, 11) is -3.27. The Morgan fingerprint density at radius 1 is 1.10 bits per heavy atom. The molecular formula is C22H31N5O3S. The van der Waals surface area contributed by atoms with Crippen LogP contribution in [0.4, 0.5) is 5.82 Å². The van der Waals surface area contributed by atoms with Crippen LogP contribution in [-0.4, -0.2) is 61.5 Å². The lowest BCUT2D eigenvalue weighted by Crippen LogP contribution is -2.52. The third kappa shape index (κ3) is 6.21. The molecule has 1 saturated heterocycles. The maximum absolute atomic E-state index is 11.9. The summed E-state index contributed by atoms with van der Waals surface area (Å²) >= 11 is 0. The van der Waals surface area contributed by atoms with Crippen LogP contribution in [0.2, 0.25) is 0 Å². The van der Waals surface area contributed by atoms with Gasteiger partial charge in [-0.1, -0.05) is 6.07 Å². The Hall–Kier alpha value is -2.10. The van der Waals surface area contributed by atoms with Gasteiger partial charge in [0.15, 0.2) is 0 Å². The zero-order valence-electron chi connectivity index (χ0n) is 17.9. The predicted molar refractivity (Wildman–Crippen MR) is 119 cm³/mol. The van der Waals surface area contributed by atoms with Crippen LogP contribution in [0.3, 0.4) is 0 Å². The Labute approximate surface area is 184 Å². The molecule has 1 unspecified atom stereocenters. The van der Waals surface area contributed by atoms with Crippen molar-refractivity contribution < 1.29 is 13.2 Å². The van der Waals surface area contributed by atoms with E-state index in [1.54, 1.807) is 18.6 Å². The van der Waals surface area contributed by atoms with E-state index in [0.717, 1.165) is 56.7 Å². The highest BCUT2D eigenvalue weighted by molar-refractivity contribution is 7.88. The summed E-state index contributed by atoms with van der Waals surface area (Å²) < 4.78 is 32.9. The van der Waals surface area contributed by atoms with Crippen molar-refractivity contribution in [2.24, 2.45) is 5.92 Å². The Morgan fingerprint density at radius 2 is 1.94 bits per heavy atom. The van der Waals surface area contributed by atoms with Crippen molar-refractivity contribution in [2.45, 2.75) is 50.2 Å². The van der Waals surface area contributed by atoms with Gasteiger partial charge in [-0.2, -0.15) is 0 Å². The molecule has 168 valence electrons. The largest absolute Gasteiger partial charge is 0.378 e. The van der Waals surface area contributed by atoms with Crippen molar-refractivity contribution in [1.82, 2.24) is 19.7 Å². The van der Waals surface area contributed by atoms with Crippen molar-refractivity contribution in [3.05, 3.63) is 48.7 Å². The number of sulfonamides is 1. The second-order valence-corrected chi connectivity index (χ2v) is 10.4. The molecule has 4 rings (SSSR count). The van der Waals surface area contributed by atoms with Crippen LogP contribution in [0.5, 0.6) is 0 Å². The predicted octanol–water partition coefficient (Wildman–Crippen LogP) is 2.36. The van der Waals surface area contributed by atoms with E-state index in [1.165, 1.54) is 6.26 Å². The fourth-order valence-electron chi connectivity index (χ4n) is 4.69. The van der Waals surface area contributed by atoms with E-state index < -0.39 is 10.0 Å². The maximum Gasteiger partial charge on any atom is 0.208 e. The molecule has 1 N–H and O–H groups in total. The average Bonchev–Trinajstić information content (AvgIpc) is 2.79. The van der Waals surface area contributed by atoms with Crippen LogP contribution < -0.4 is 9.62 Å². The van der Waals surface area contributed by atoms with Gasteiger partial charge in [0.1, 0.15) is 5.82 Å². The molecule has 2 atom stereocenters. The fraction of sp³-hybridized carbons (Fsp3) is 0.591. The minimum Gasteiger partial charge on any atom is -0.378 e. The van der Waals surface area contributed by atoms with Gasteiger partial charge >= 0.3 is 0 Å². The first kappa shape index (κ1) is 22.1. The molecule has 0 spiro atoms. The minimum atomic E-state index is -3.27. The molecule has 0 radical (unpaired) electrons. The van der Waals surface area contributed by atoms with Crippen molar-refractivity contribution in [1.29, 1.82) is 0 Å². The van der Waals surface area contributed by atoms with Crippen molar-refractivity contribution in [2.75, 3.05) is 30.9 Å². The van der Waals surface area contributed by atoms with Crippen LogP contribution in [0, 0.1) is 5.92 Å². The Bertz CT molecular complexity index is 921. The molecule has 8 nitrogen and oxygen atoms in total. The third-order valence-electron chi connectivity index (χ3n) is 6.29. The normalized spacial score (nSPS) is 27.2. The zero-order valence-corrected chi connectivity index (χ0v) is 18.7. The van der Waals surface area contributed by atoms with Gasteiger partial charge in [-0.25, -0.2) is 18.1 Å². The van der Waals surface area contributed by atoms with Crippen LogP contribution >= 0.6 is 0 Å². The highest BCUT2D eigenvalue weighted by Crippen LogP contribution is 2.33. The molecule has 1 saturated carbocycles. The van der Waals surface area contributed by atoms with Crippen LogP contribution in [-0.2, 0) is 14.8 Å². The second-order valence-electron chi connectivity index (χ2n) is 8.62. The van der Waals surface area contributed by atoms with Gasteiger partial charge in [-0.05, 0) is 44.2 Å². The lowest BCUT2D eigenvalue weighted by atomic mass is 9.85. The first-order chi connectivity index (χ1) is 15.0. The topological polar surface area (TPSA) is 97.3 Å². The van der Waals surface area contributed by atoms with E-state index in [1.807, 2.05) is 24.4 Å². The minimum absolute atomic E-state index is 0.0724. The summed E-state index contributed by atoms with van der Waals surface area (Å²) in [5.74, 6) is 1.44. The number of ether oxygens (including phenoxy) is 1. The number of hydrogen-bond donors (Lipinski definition) is 1. The molecule has 2 fully saturated rings. The maximum atomic E-state index is 11.9. The molecule has 2 aromatic heterocycles. The van der Waals surface area contributed by atoms with Crippen molar-refractivity contribution in [3.63, 3.8) is 0 Å². The molecule has 2 aromatic rings. The molecule has 0 amide bonds. The Kier molecular flexibility index (Phi) is 7.14. The highest BCUT2D eigenvalue weighted by Gasteiger charge is 2.33. The molecule has 9 heteroatoms. The molecule has 31 heavy (non-hydrogen) atoms. The van der Waals surface area contributed by atoms with Crippen molar-refractivity contribution in [3.8, 4) is 0 Å². The van der Waals surface area contributed by atoms with E-state index in [0.29, 0.717) is 12.5 Å². The van der Waals surface area contributed by atoms with Gasteiger partial charge in [0.05, 0.1) is 24.7 Å². The molecule has 0 bridgehead atoms. The number of piperidine rings is 1. The zero-order chi connectivity index (χ0) is 21.7. The van der Waals surface area contributed by atoms with E-state index >= 15 is 0 Å². The van der Waals surface area contributed by atoms with E-state index in [2.05, 4.69) is 24.6 Å². The first-order valence-corrected chi connectivity index (χ1v) is 12.9. The van der Waals surface area contributed by atoms with Gasteiger partial charge in [0, 0.05) is 55.8 Å². The number of nitrogens with one attached hydrogen (secondary N) is 1. The number of hydrogen-bond acceptors (Lipinski definition) is 7. The average molecular weight is 446 g/mol. The number of rotatable bonds is 7. The lowest BCUT2D eigenvalue weighted by Gasteiger charge is -2.40. The lowest BCUT2D eigenvalue weighted by molar-refractivity contribution is -0.00233. The summed E-state index contributed by atoms with van der Waals surface area (Å²) in [6, 6.07) is 5.76. The smallest absolute Gasteiger partial charge is 0.208 e. The van der Waals surface area contributed by atoms with Crippen LogP contribution in [0.15, 0.2) is 43.0 Å². The summed E-state index contributed by atoms with van der Waals surface area (Å²) in [5.41, 5.74) is 1.07. The summed E-state index contributed by atoms with van der Waals surface area (Å²) in [6.45, 7) is 2.03. The van der Waals surface area contributed by atoms with Gasteiger partial charge in [0.2, 0.25) is 10.0 Å². The highest BCUT2D eigenvalue weighted by atomic mass is 32.2. The van der Waals surface area contributed by atoms with E-state index in [-0.39, 0.29) is 18.1 Å². The molecule has 3 heterocycles. The third-order valence-corrected chi connectivity index (χ3v) is 7.03. The molecular weight excluding hydrogens is 414 g/mol.